The van der Waals surface area contributed by atoms with E-state index in [0.717, 1.165) is 15.3 Å². The third-order valence-corrected chi connectivity index (χ3v) is 4.31. The van der Waals surface area contributed by atoms with Crippen molar-refractivity contribution in [3.8, 4) is 0 Å². The second-order valence-electron chi connectivity index (χ2n) is 5.45. The smallest absolute Gasteiger partial charge is 0.220 e. The first kappa shape index (κ1) is 16.4. The molecule has 6 heteroatoms. The highest BCUT2D eigenvalue weighted by Crippen LogP contribution is 2.22. The SMILES string of the molecule is Cc1cc(C(=O)CCC(=O)NC(C)Cn2cccn2)c(C)s1. The standard InChI is InChI=1S/C16H21N3O2S/c1-11(10-19-8-4-7-17-19)18-16(21)6-5-15(20)14-9-12(2)22-13(14)3/h4,7-9,11H,5-6,10H2,1-3H3,(H,18,21). The lowest BCUT2D eigenvalue weighted by molar-refractivity contribution is -0.121. The molecule has 0 aliphatic heterocycles. The van der Waals surface area contributed by atoms with E-state index in [1.807, 2.05) is 39.1 Å². The van der Waals surface area contributed by atoms with E-state index in [-0.39, 0.29) is 30.6 Å². The summed E-state index contributed by atoms with van der Waals surface area (Å²) in [5, 5.41) is 7.00. The van der Waals surface area contributed by atoms with Crippen LogP contribution in [0.3, 0.4) is 0 Å². The molecule has 2 aromatic heterocycles. The van der Waals surface area contributed by atoms with Gasteiger partial charge in [0.2, 0.25) is 5.91 Å². The molecule has 0 fully saturated rings. The minimum atomic E-state index is -0.0994. The topological polar surface area (TPSA) is 64.0 Å². The second-order valence-corrected chi connectivity index (χ2v) is 6.91. The van der Waals surface area contributed by atoms with Gasteiger partial charge in [0.05, 0.1) is 6.54 Å². The number of hydrogen-bond donors (Lipinski definition) is 1. The number of aromatic nitrogens is 2. The number of ketones is 1. The lowest BCUT2D eigenvalue weighted by atomic mass is 10.1. The normalized spacial score (nSPS) is 12.1. The van der Waals surface area contributed by atoms with Crippen molar-refractivity contribution in [3.05, 3.63) is 39.8 Å². The average molecular weight is 319 g/mol. The summed E-state index contributed by atoms with van der Waals surface area (Å²) in [6, 6.07) is 3.73. The van der Waals surface area contributed by atoms with Gasteiger partial charge < -0.3 is 5.32 Å². The largest absolute Gasteiger partial charge is 0.352 e. The zero-order chi connectivity index (χ0) is 16.1. The van der Waals surface area contributed by atoms with Crippen LogP contribution in [0.15, 0.2) is 24.5 Å². The van der Waals surface area contributed by atoms with Gasteiger partial charge in [-0.25, -0.2) is 0 Å². The van der Waals surface area contributed by atoms with Crippen LogP contribution in [0.4, 0.5) is 0 Å². The van der Waals surface area contributed by atoms with E-state index in [1.165, 1.54) is 0 Å². The number of aryl methyl sites for hydroxylation is 2. The van der Waals surface area contributed by atoms with Crippen molar-refractivity contribution in [2.45, 2.75) is 46.2 Å². The second kappa shape index (κ2) is 7.35. The Balaban J connectivity index is 1.77. The Hall–Kier alpha value is -1.95. The third kappa shape index (κ3) is 4.53. The zero-order valence-electron chi connectivity index (χ0n) is 13.1. The van der Waals surface area contributed by atoms with Crippen molar-refractivity contribution >= 4 is 23.0 Å². The van der Waals surface area contributed by atoms with E-state index in [2.05, 4.69) is 10.4 Å². The molecule has 0 saturated carbocycles. The van der Waals surface area contributed by atoms with E-state index in [4.69, 9.17) is 0 Å². The Labute approximate surface area is 134 Å². The van der Waals surface area contributed by atoms with Gasteiger partial charge in [-0.15, -0.1) is 11.3 Å². The number of rotatable bonds is 7. The fraction of sp³-hybridized carbons (Fsp3) is 0.438. The lowest BCUT2D eigenvalue weighted by Gasteiger charge is -2.13. The Kier molecular flexibility index (Phi) is 5.49. The summed E-state index contributed by atoms with van der Waals surface area (Å²) < 4.78 is 1.77. The van der Waals surface area contributed by atoms with Crippen molar-refractivity contribution < 1.29 is 9.59 Å². The van der Waals surface area contributed by atoms with Crippen molar-refractivity contribution in [2.75, 3.05) is 0 Å². The Bertz CT molecular complexity index is 646. The molecular weight excluding hydrogens is 298 g/mol. The van der Waals surface area contributed by atoms with Crippen LogP contribution in [0.25, 0.3) is 0 Å². The van der Waals surface area contributed by atoms with Crippen molar-refractivity contribution in [3.63, 3.8) is 0 Å². The molecule has 2 aromatic rings. The molecule has 2 rings (SSSR count). The first-order valence-corrected chi connectivity index (χ1v) is 8.14. The highest BCUT2D eigenvalue weighted by Gasteiger charge is 2.15. The number of carbonyl (C=O) groups is 2. The lowest BCUT2D eigenvalue weighted by Crippen LogP contribution is -2.35. The molecule has 0 aliphatic rings. The Morgan fingerprint density at radius 2 is 2.14 bits per heavy atom. The average Bonchev–Trinajstić information content (AvgIpc) is 3.05. The van der Waals surface area contributed by atoms with Gasteiger partial charge in [-0.3, -0.25) is 14.3 Å². The summed E-state index contributed by atoms with van der Waals surface area (Å²) in [6.07, 6.45) is 4.03. The Morgan fingerprint density at radius 3 is 2.73 bits per heavy atom. The highest BCUT2D eigenvalue weighted by molar-refractivity contribution is 7.12. The van der Waals surface area contributed by atoms with Crippen LogP contribution in [0.5, 0.6) is 0 Å². The number of Topliss-reactive ketones (excluding diaryl/α,β-unsaturated/α-hetero) is 1. The predicted octanol–water partition coefficient (Wildman–Crippen LogP) is 2.73. The summed E-state index contributed by atoms with van der Waals surface area (Å²) in [7, 11) is 0. The number of amides is 1. The molecule has 0 saturated heterocycles. The summed E-state index contributed by atoms with van der Waals surface area (Å²) in [6.45, 7) is 6.47. The number of carbonyl (C=O) groups excluding carboxylic acids is 2. The fourth-order valence-electron chi connectivity index (χ4n) is 2.35. The summed E-state index contributed by atoms with van der Waals surface area (Å²) >= 11 is 1.61. The summed E-state index contributed by atoms with van der Waals surface area (Å²) in [5.41, 5.74) is 0.750. The molecule has 0 bridgehead atoms. The van der Waals surface area contributed by atoms with Gasteiger partial charge in [-0.05, 0) is 32.9 Å². The molecule has 2 heterocycles. The summed E-state index contributed by atoms with van der Waals surface area (Å²) in [5.74, 6) is -0.0608. The first-order valence-electron chi connectivity index (χ1n) is 7.32. The molecule has 0 aliphatic carbocycles. The van der Waals surface area contributed by atoms with Gasteiger partial charge in [0.25, 0.3) is 0 Å². The van der Waals surface area contributed by atoms with Crippen LogP contribution in [0.2, 0.25) is 0 Å². The molecule has 0 spiro atoms. The van der Waals surface area contributed by atoms with Gasteiger partial charge >= 0.3 is 0 Å². The molecule has 0 aromatic carbocycles. The van der Waals surface area contributed by atoms with Crippen LogP contribution >= 0.6 is 11.3 Å². The summed E-state index contributed by atoms with van der Waals surface area (Å²) in [4.78, 5) is 26.2. The van der Waals surface area contributed by atoms with E-state index in [9.17, 15) is 9.59 Å². The molecule has 118 valence electrons. The van der Waals surface area contributed by atoms with Crippen LogP contribution < -0.4 is 5.32 Å². The van der Waals surface area contributed by atoms with Crippen LogP contribution in [-0.4, -0.2) is 27.5 Å². The van der Waals surface area contributed by atoms with E-state index in [1.54, 1.807) is 22.2 Å². The quantitative estimate of drug-likeness (QED) is 0.798. The van der Waals surface area contributed by atoms with Gasteiger partial charge in [-0.1, -0.05) is 0 Å². The van der Waals surface area contributed by atoms with Gasteiger partial charge in [0.15, 0.2) is 5.78 Å². The van der Waals surface area contributed by atoms with Crippen molar-refractivity contribution in [2.24, 2.45) is 0 Å². The van der Waals surface area contributed by atoms with E-state index >= 15 is 0 Å². The predicted molar refractivity (Wildman–Crippen MR) is 87.2 cm³/mol. The van der Waals surface area contributed by atoms with E-state index in [0.29, 0.717) is 6.54 Å². The molecule has 5 nitrogen and oxygen atoms in total. The van der Waals surface area contributed by atoms with Crippen molar-refractivity contribution in [1.82, 2.24) is 15.1 Å². The third-order valence-electron chi connectivity index (χ3n) is 3.35. The number of thiophene rings is 1. The maximum Gasteiger partial charge on any atom is 0.220 e. The fourth-order valence-corrected chi connectivity index (χ4v) is 3.29. The van der Waals surface area contributed by atoms with Gasteiger partial charge in [-0.2, -0.15) is 5.10 Å². The Morgan fingerprint density at radius 1 is 1.36 bits per heavy atom. The van der Waals surface area contributed by atoms with Crippen molar-refractivity contribution in [1.29, 1.82) is 0 Å². The monoisotopic (exact) mass is 319 g/mol. The van der Waals surface area contributed by atoms with Gasteiger partial charge in [0.1, 0.15) is 0 Å². The molecule has 0 radical (unpaired) electrons. The highest BCUT2D eigenvalue weighted by atomic mass is 32.1. The maximum atomic E-state index is 12.1. The van der Waals surface area contributed by atoms with Crippen LogP contribution in [0.1, 0.15) is 39.9 Å². The van der Waals surface area contributed by atoms with Crippen LogP contribution in [0, 0.1) is 13.8 Å². The number of hydrogen-bond acceptors (Lipinski definition) is 4. The maximum absolute atomic E-state index is 12.1. The van der Waals surface area contributed by atoms with Gasteiger partial charge in [0, 0.05) is 46.6 Å². The van der Waals surface area contributed by atoms with Crippen LogP contribution in [-0.2, 0) is 11.3 Å². The number of nitrogens with one attached hydrogen (secondary N) is 1. The molecular formula is C16H21N3O2S. The molecule has 1 N–H and O–H groups in total. The van der Waals surface area contributed by atoms with E-state index < -0.39 is 0 Å². The number of nitrogens with zero attached hydrogens (tertiary/aromatic N) is 2. The minimum Gasteiger partial charge on any atom is -0.352 e. The molecule has 1 atom stereocenters. The molecule has 1 amide bonds. The minimum absolute atomic E-state index is 0.0207. The zero-order valence-corrected chi connectivity index (χ0v) is 13.9. The molecule has 1 unspecified atom stereocenters. The first-order chi connectivity index (χ1) is 10.5. The molecule has 22 heavy (non-hydrogen) atoms.